The molecule has 10 rings (SSSR count). The van der Waals surface area contributed by atoms with Gasteiger partial charge in [-0.1, -0.05) is 176 Å². The maximum absolute atomic E-state index is 8.89. The molecule has 0 aliphatic carbocycles. The normalized spacial score (nSPS) is 12.0. The predicted molar refractivity (Wildman–Crippen MR) is 246 cm³/mol. The summed E-state index contributed by atoms with van der Waals surface area (Å²) in [5, 5.41) is 17.7. The van der Waals surface area contributed by atoms with Crippen LogP contribution in [0.15, 0.2) is 211 Å². The molecular formula is C54H36N2S. The summed E-state index contributed by atoms with van der Waals surface area (Å²) in [6.45, 7) is 0. The minimum Gasteiger partial charge on any atom is -0.282 e. The minimum absolute atomic E-state index is 0.225. The van der Waals surface area contributed by atoms with E-state index in [9.17, 15) is 0 Å². The van der Waals surface area contributed by atoms with E-state index in [1.54, 1.807) is 11.3 Å². The van der Waals surface area contributed by atoms with Crippen molar-refractivity contribution < 1.29 is 0 Å². The molecule has 0 aliphatic heterocycles. The van der Waals surface area contributed by atoms with Gasteiger partial charge in [-0.15, -0.1) is 11.3 Å². The summed E-state index contributed by atoms with van der Waals surface area (Å²) in [5.41, 5.74) is 9.43. The third-order valence-corrected chi connectivity index (χ3v) is 11.9. The van der Waals surface area contributed by atoms with Crippen LogP contribution in [0.4, 0.5) is 0 Å². The van der Waals surface area contributed by atoms with Crippen molar-refractivity contribution in [2.45, 2.75) is 0 Å². The van der Waals surface area contributed by atoms with E-state index in [0.29, 0.717) is 0 Å². The first-order chi connectivity index (χ1) is 28.1. The lowest BCUT2D eigenvalue weighted by atomic mass is 9.89. The molecule has 0 spiro atoms. The highest BCUT2D eigenvalue weighted by molar-refractivity contribution is 7.22. The smallest absolute Gasteiger partial charge is 0.152 e. The van der Waals surface area contributed by atoms with E-state index in [0.717, 1.165) is 33.5 Å². The van der Waals surface area contributed by atoms with Gasteiger partial charge in [0.1, 0.15) is 0 Å². The zero-order valence-corrected chi connectivity index (χ0v) is 31.9. The van der Waals surface area contributed by atoms with E-state index in [1.807, 2.05) is 36.4 Å². The molecule has 1 heterocycles. The summed E-state index contributed by atoms with van der Waals surface area (Å²) >= 11 is 1.80. The standard InChI is InChI=1S/C54H36N2S/c55-54(40-14-2-1-3-15-40)56-50(38-25-27-39(28-26-38)52-35-44-17-6-9-23-51(44)57-52)31-24-36-12-10-18-41(32-36)42-19-11-20-45(33-42)53-47-22-8-5-16-43(47)34-49-46-21-7-4-13-37(46)29-30-48(49)53/h1-35,55H/b31-24+,55-54?,56-50?. The quantitative estimate of drug-likeness (QED) is 0.0730. The van der Waals surface area contributed by atoms with Crippen molar-refractivity contribution in [3.8, 4) is 32.7 Å². The van der Waals surface area contributed by atoms with Crippen LogP contribution in [0.25, 0.3) is 81.2 Å². The molecule has 57 heavy (non-hydrogen) atoms. The number of hydrogen-bond donors (Lipinski definition) is 1. The van der Waals surface area contributed by atoms with Crippen molar-refractivity contribution in [1.82, 2.24) is 0 Å². The molecule has 0 fully saturated rings. The summed E-state index contributed by atoms with van der Waals surface area (Å²) in [4.78, 5) is 6.11. The number of benzene rings is 9. The molecule has 9 aromatic carbocycles. The second-order valence-electron chi connectivity index (χ2n) is 14.3. The van der Waals surface area contributed by atoms with E-state index < -0.39 is 0 Å². The van der Waals surface area contributed by atoms with Gasteiger partial charge in [-0.2, -0.15) is 0 Å². The number of aliphatic imine (C=N–C) groups is 1. The number of allylic oxidation sites excluding steroid dienone is 1. The Morgan fingerprint density at radius 3 is 1.95 bits per heavy atom. The van der Waals surface area contributed by atoms with Crippen molar-refractivity contribution in [1.29, 1.82) is 5.41 Å². The van der Waals surface area contributed by atoms with Crippen LogP contribution in [0, 0.1) is 5.41 Å². The first-order valence-corrected chi connectivity index (χ1v) is 20.0. The number of rotatable bonds is 7. The first-order valence-electron chi connectivity index (χ1n) is 19.2. The Morgan fingerprint density at radius 1 is 0.439 bits per heavy atom. The third kappa shape index (κ3) is 6.75. The minimum atomic E-state index is 0.225. The number of thiophene rings is 1. The van der Waals surface area contributed by atoms with Crippen LogP contribution in [-0.2, 0) is 0 Å². The van der Waals surface area contributed by atoms with E-state index in [-0.39, 0.29) is 5.84 Å². The molecule has 1 aromatic heterocycles. The Balaban J connectivity index is 1.01. The summed E-state index contributed by atoms with van der Waals surface area (Å²) < 4.78 is 1.28. The lowest BCUT2D eigenvalue weighted by Crippen LogP contribution is -2.03. The monoisotopic (exact) mass is 744 g/mol. The Hall–Kier alpha value is -7.20. The summed E-state index contributed by atoms with van der Waals surface area (Å²) in [6.07, 6.45) is 4.14. The predicted octanol–water partition coefficient (Wildman–Crippen LogP) is 14.9. The Kier molecular flexibility index (Phi) is 8.91. The molecule has 0 unspecified atom stereocenters. The molecule has 0 amide bonds. The van der Waals surface area contributed by atoms with Crippen LogP contribution in [0.1, 0.15) is 16.7 Å². The van der Waals surface area contributed by atoms with Gasteiger partial charge in [0.2, 0.25) is 0 Å². The van der Waals surface area contributed by atoms with Gasteiger partial charge >= 0.3 is 0 Å². The molecule has 10 aromatic rings. The van der Waals surface area contributed by atoms with Crippen LogP contribution in [-0.4, -0.2) is 11.5 Å². The van der Waals surface area contributed by atoms with Crippen molar-refractivity contribution in [2.75, 3.05) is 0 Å². The average Bonchev–Trinajstić information content (AvgIpc) is 3.72. The average molecular weight is 745 g/mol. The second kappa shape index (κ2) is 14.8. The fourth-order valence-corrected chi connectivity index (χ4v) is 8.96. The van der Waals surface area contributed by atoms with Gasteiger partial charge in [0, 0.05) is 20.7 Å². The number of fused-ring (bicyclic) bond motifs is 5. The Bertz CT molecular complexity index is 3150. The maximum atomic E-state index is 8.89. The fourth-order valence-electron chi connectivity index (χ4n) is 7.89. The Labute approximate surface area is 335 Å². The van der Waals surface area contributed by atoms with Gasteiger partial charge in [-0.25, -0.2) is 4.99 Å². The van der Waals surface area contributed by atoms with Crippen molar-refractivity contribution in [2.24, 2.45) is 4.99 Å². The highest BCUT2D eigenvalue weighted by Crippen LogP contribution is 2.40. The molecule has 0 aliphatic rings. The van der Waals surface area contributed by atoms with Gasteiger partial charge in [0.25, 0.3) is 0 Å². The lowest BCUT2D eigenvalue weighted by molar-refractivity contribution is 1.41. The second-order valence-corrected chi connectivity index (χ2v) is 15.4. The van der Waals surface area contributed by atoms with Crippen molar-refractivity contribution >= 4 is 71.4 Å². The van der Waals surface area contributed by atoms with Crippen LogP contribution >= 0.6 is 11.3 Å². The van der Waals surface area contributed by atoms with Crippen LogP contribution in [0.3, 0.4) is 0 Å². The highest BCUT2D eigenvalue weighted by Gasteiger charge is 2.14. The molecular weight excluding hydrogens is 709 g/mol. The van der Waals surface area contributed by atoms with Crippen molar-refractivity contribution in [3.05, 3.63) is 223 Å². The summed E-state index contributed by atoms with van der Waals surface area (Å²) in [7, 11) is 0. The lowest BCUT2D eigenvalue weighted by Gasteiger charge is -2.15. The van der Waals surface area contributed by atoms with E-state index in [4.69, 9.17) is 10.4 Å². The zero-order chi connectivity index (χ0) is 38.1. The van der Waals surface area contributed by atoms with Crippen LogP contribution in [0.5, 0.6) is 0 Å². The first kappa shape index (κ1) is 34.3. The van der Waals surface area contributed by atoms with Crippen LogP contribution < -0.4 is 0 Å². The topological polar surface area (TPSA) is 36.2 Å². The molecule has 268 valence electrons. The molecule has 0 radical (unpaired) electrons. The molecule has 1 N–H and O–H groups in total. The number of nitrogens with one attached hydrogen (secondary N) is 1. The van der Waals surface area contributed by atoms with Gasteiger partial charge in [-0.3, -0.25) is 5.41 Å². The van der Waals surface area contributed by atoms with Gasteiger partial charge in [0.15, 0.2) is 5.84 Å². The summed E-state index contributed by atoms with van der Waals surface area (Å²) in [6, 6.07) is 70.8. The molecule has 0 saturated heterocycles. The highest BCUT2D eigenvalue weighted by atomic mass is 32.1. The molecule has 0 atom stereocenters. The molecule has 0 saturated carbocycles. The van der Waals surface area contributed by atoms with Gasteiger partial charge < -0.3 is 0 Å². The SMILES string of the molecule is N=C(N=C(/C=C/c1cccc(-c2cccc(-c3c4ccccc4cc4c3ccc3ccccc34)c2)c1)c1ccc(-c2cc3ccccc3s2)cc1)c1ccccc1. The number of amidine groups is 1. The van der Waals surface area contributed by atoms with Crippen LogP contribution in [0.2, 0.25) is 0 Å². The molecule has 0 bridgehead atoms. The third-order valence-electron chi connectivity index (χ3n) is 10.7. The fraction of sp³-hybridized carbons (Fsp3) is 0. The van der Waals surface area contributed by atoms with E-state index >= 15 is 0 Å². The zero-order valence-electron chi connectivity index (χ0n) is 31.1. The maximum Gasteiger partial charge on any atom is 0.152 e. The van der Waals surface area contributed by atoms with Gasteiger partial charge in [0.05, 0.1) is 5.71 Å². The molecule has 3 heteroatoms. The molecule has 2 nitrogen and oxygen atoms in total. The number of hydrogen-bond acceptors (Lipinski definition) is 2. The Morgan fingerprint density at radius 2 is 1.12 bits per heavy atom. The largest absolute Gasteiger partial charge is 0.282 e. The van der Waals surface area contributed by atoms with Gasteiger partial charge in [-0.05, 0) is 107 Å². The van der Waals surface area contributed by atoms with E-state index in [1.165, 1.54) is 64.0 Å². The number of nitrogens with zero attached hydrogens (tertiary/aromatic N) is 1. The summed E-state index contributed by atoms with van der Waals surface area (Å²) in [5.74, 6) is 0.225. The van der Waals surface area contributed by atoms with Crippen molar-refractivity contribution in [3.63, 3.8) is 0 Å². The van der Waals surface area contributed by atoms with E-state index in [2.05, 4.69) is 176 Å².